The highest BCUT2D eigenvalue weighted by atomic mass is 16.5. The fourth-order valence-electron chi connectivity index (χ4n) is 3.47. The van der Waals surface area contributed by atoms with Gasteiger partial charge in [0.05, 0.1) is 5.54 Å². The third-order valence-corrected chi connectivity index (χ3v) is 5.59. The van der Waals surface area contributed by atoms with Crippen molar-refractivity contribution in [2.24, 2.45) is 0 Å². The van der Waals surface area contributed by atoms with E-state index >= 15 is 0 Å². The van der Waals surface area contributed by atoms with E-state index in [2.05, 4.69) is 56.9 Å². The minimum atomic E-state index is -0.401. The largest absolute Gasteiger partial charge is 0.360 e. The summed E-state index contributed by atoms with van der Waals surface area (Å²) in [6.07, 6.45) is 2.78. The van der Waals surface area contributed by atoms with Gasteiger partial charge in [-0.15, -0.1) is 0 Å². The molecular weight excluding hydrogens is 302 g/mol. The van der Waals surface area contributed by atoms with Crippen LogP contribution < -0.4 is 5.32 Å². The Morgan fingerprint density at radius 1 is 1.21 bits per heavy atom. The van der Waals surface area contributed by atoms with Crippen LogP contribution in [0.3, 0.4) is 0 Å². The maximum Gasteiger partial charge on any atom is 0.274 e. The summed E-state index contributed by atoms with van der Waals surface area (Å²) in [7, 11) is 0. The van der Waals surface area contributed by atoms with Crippen LogP contribution in [-0.4, -0.2) is 40.1 Å². The number of likely N-dealkylation sites (N-methyl/N-ethyl adjacent to an activating group) is 1. The Kier molecular flexibility index (Phi) is 7.02. The van der Waals surface area contributed by atoms with E-state index in [1.807, 2.05) is 13.8 Å². The van der Waals surface area contributed by atoms with Crippen LogP contribution in [0.2, 0.25) is 0 Å². The van der Waals surface area contributed by atoms with Crippen molar-refractivity contribution in [2.45, 2.75) is 85.7 Å². The topological polar surface area (TPSA) is 58.4 Å². The van der Waals surface area contributed by atoms with Gasteiger partial charge in [-0.05, 0) is 53.6 Å². The van der Waals surface area contributed by atoms with Gasteiger partial charge in [0.2, 0.25) is 0 Å². The van der Waals surface area contributed by atoms with Crippen LogP contribution in [0.15, 0.2) is 4.52 Å². The van der Waals surface area contributed by atoms with E-state index in [1.165, 1.54) is 0 Å². The minimum Gasteiger partial charge on any atom is -0.360 e. The highest BCUT2D eigenvalue weighted by Gasteiger charge is 2.44. The van der Waals surface area contributed by atoms with Crippen LogP contribution in [-0.2, 0) is 6.42 Å². The molecule has 0 aliphatic heterocycles. The summed E-state index contributed by atoms with van der Waals surface area (Å²) in [6.45, 7) is 18.9. The van der Waals surface area contributed by atoms with Crippen LogP contribution in [0, 0.1) is 6.92 Å². The minimum absolute atomic E-state index is 0.140. The first kappa shape index (κ1) is 20.7. The molecule has 1 unspecified atom stereocenters. The van der Waals surface area contributed by atoms with Crippen LogP contribution in [0.25, 0.3) is 0 Å². The number of nitrogens with one attached hydrogen (secondary N) is 1. The highest BCUT2D eigenvalue weighted by Crippen LogP contribution is 2.32. The van der Waals surface area contributed by atoms with Crippen LogP contribution >= 0.6 is 0 Å². The van der Waals surface area contributed by atoms with E-state index in [1.54, 1.807) is 0 Å². The van der Waals surface area contributed by atoms with E-state index in [-0.39, 0.29) is 11.4 Å². The molecule has 0 radical (unpaired) electrons. The van der Waals surface area contributed by atoms with Gasteiger partial charge in [0, 0.05) is 17.5 Å². The molecule has 0 aliphatic rings. The lowest BCUT2D eigenvalue weighted by atomic mass is 9.76. The van der Waals surface area contributed by atoms with Gasteiger partial charge >= 0.3 is 0 Å². The van der Waals surface area contributed by atoms with Gasteiger partial charge < -0.3 is 9.84 Å². The predicted molar refractivity (Wildman–Crippen MR) is 98.4 cm³/mol. The molecule has 0 spiro atoms. The summed E-state index contributed by atoms with van der Waals surface area (Å²) in [4.78, 5) is 15.2. The molecule has 1 N–H and O–H groups in total. The van der Waals surface area contributed by atoms with Crippen molar-refractivity contribution in [1.82, 2.24) is 15.4 Å². The molecular formula is C19H35N3O2. The fourth-order valence-corrected chi connectivity index (χ4v) is 3.47. The molecule has 0 fully saturated rings. The van der Waals surface area contributed by atoms with Crippen LogP contribution in [0.4, 0.5) is 0 Å². The quantitative estimate of drug-likeness (QED) is 0.741. The average molecular weight is 338 g/mol. The third-order valence-electron chi connectivity index (χ3n) is 5.59. The summed E-state index contributed by atoms with van der Waals surface area (Å²) in [5.74, 6) is 0.616. The second kappa shape index (κ2) is 8.15. The second-order valence-electron chi connectivity index (χ2n) is 7.22. The summed E-state index contributed by atoms with van der Waals surface area (Å²) in [5.41, 5.74) is 0.697. The van der Waals surface area contributed by atoms with E-state index in [4.69, 9.17) is 4.52 Å². The molecule has 138 valence electrons. The van der Waals surface area contributed by atoms with Crippen molar-refractivity contribution >= 4 is 5.91 Å². The Balaban J connectivity index is 3.08. The number of carbonyl (C=O) groups excluding carboxylic acids is 1. The van der Waals surface area contributed by atoms with Crippen molar-refractivity contribution in [3.8, 4) is 0 Å². The number of hydrogen-bond acceptors (Lipinski definition) is 4. The molecule has 0 aromatic carbocycles. The summed E-state index contributed by atoms with van der Waals surface area (Å²) in [5, 5.41) is 7.19. The Morgan fingerprint density at radius 3 is 2.25 bits per heavy atom. The third kappa shape index (κ3) is 3.82. The first-order valence-corrected chi connectivity index (χ1v) is 9.21. The summed E-state index contributed by atoms with van der Waals surface area (Å²) >= 11 is 0. The van der Waals surface area contributed by atoms with E-state index in [0.29, 0.717) is 5.69 Å². The first-order valence-electron chi connectivity index (χ1n) is 9.21. The Bertz CT molecular complexity index is 551. The van der Waals surface area contributed by atoms with Gasteiger partial charge in [0.25, 0.3) is 5.91 Å². The van der Waals surface area contributed by atoms with Crippen molar-refractivity contribution in [2.75, 3.05) is 13.1 Å². The lowest BCUT2D eigenvalue weighted by molar-refractivity contribution is 0.0232. The smallest absolute Gasteiger partial charge is 0.274 e. The van der Waals surface area contributed by atoms with Crippen LogP contribution in [0.5, 0.6) is 0 Å². The number of aromatic nitrogens is 1. The Morgan fingerprint density at radius 2 is 1.83 bits per heavy atom. The number of hydrogen-bond donors (Lipinski definition) is 1. The van der Waals surface area contributed by atoms with Gasteiger partial charge in [-0.3, -0.25) is 9.69 Å². The number of nitrogens with zero attached hydrogens (tertiary/aromatic N) is 2. The van der Waals surface area contributed by atoms with E-state index in [9.17, 15) is 4.79 Å². The highest BCUT2D eigenvalue weighted by molar-refractivity contribution is 5.94. The van der Waals surface area contributed by atoms with Crippen LogP contribution in [0.1, 0.15) is 83.1 Å². The zero-order valence-corrected chi connectivity index (χ0v) is 16.7. The molecule has 5 nitrogen and oxygen atoms in total. The predicted octanol–water partition coefficient (Wildman–Crippen LogP) is 3.95. The SMILES string of the molecule is CCCN(CC)C(C)(CC)C(C)(C)NC(=O)c1noc(CC)c1C. The lowest BCUT2D eigenvalue weighted by Gasteiger charge is -2.51. The summed E-state index contributed by atoms with van der Waals surface area (Å²) < 4.78 is 5.28. The molecule has 0 aliphatic carbocycles. The van der Waals surface area contributed by atoms with Gasteiger partial charge in [-0.1, -0.05) is 32.9 Å². The maximum atomic E-state index is 12.8. The van der Waals surface area contributed by atoms with Gasteiger partial charge in [-0.25, -0.2) is 0 Å². The number of amides is 1. The van der Waals surface area contributed by atoms with E-state index in [0.717, 1.165) is 43.7 Å². The molecule has 1 heterocycles. The molecule has 1 atom stereocenters. The number of aryl methyl sites for hydroxylation is 1. The molecule has 1 amide bonds. The fraction of sp³-hybridized carbons (Fsp3) is 0.789. The second-order valence-corrected chi connectivity index (χ2v) is 7.22. The molecule has 24 heavy (non-hydrogen) atoms. The average Bonchev–Trinajstić information content (AvgIpc) is 2.92. The molecule has 0 saturated carbocycles. The van der Waals surface area contributed by atoms with Crippen molar-refractivity contribution < 1.29 is 9.32 Å². The van der Waals surface area contributed by atoms with Gasteiger partial charge in [0.1, 0.15) is 5.76 Å². The Labute approximate surface area is 147 Å². The standard InChI is InChI=1S/C19H35N3O2/c1-9-13-22(12-4)19(8,11-3)18(6,7)20-17(23)16-14(5)15(10-2)24-21-16/h9-13H2,1-8H3,(H,20,23). The molecule has 0 bridgehead atoms. The molecule has 0 saturated heterocycles. The monoisotopic (exact) mass is 337 g/mol. The molecule has 1 aromatic rings. The first-order chi connectivity index (χ1) is 11.2. The van der Waals surface area contributed by atoms with Gasteiger partial charge in [-0.2, -0.15) is 0 Å². The molecule has 1 aromatic heterocycles. The van der Waals surface area contributed by atoms with Crippen molar-refractivity contribution in [1.29, 1.82) is 0 Å². The summed E-state index contributed by atoms with van der Waals surface area (Å²) in [6, 6.07) is 0. The van der Waals surface area contributed by atoms with Crippen molar-refractivity contribution in [3.63, 3.8) is 0 Å². The van der Waals surface area contributed by atoms with Gasteiger partial charge in [0.15, 0.2) is 5.69 Å². The number of rotatable bonds is 9. The molecule has 5 heteroatoms. The normalized spacial score (nSPS) is 14.7. The van der Waals surface area contributed by atoms with Crippen molar-refractivity contribution in [3.05, 3.63) is 17.0 Å². The lowest BCUT2D eigenvalue weighted by Crippen LogP contribution is -2.66. The van der Waals surface area contributed by atoms with E-state index < -0.39 is 5.54 Å². The molecule has 1 rings (SSSR count). The maximum absolute atomic E-state index is 12.8. The Hall–Kier alpha value is -1.36. The zero-order valence-electron chi connectivity index (χ0n) is 16.7. The number of carbonyl (C=O) groups is 1. The zero-order chi connectivity index (χ0) is 18.5.